The van der Waals surface area contributed by atoms with Gasteiger partial charge in [0.15, 0.2) is 0 Å². The Labute approximate surface area is 116 Å². The first-order valence-electron chi connectivity index (χ1n) is 6.88. The Morgan fingerprint density at radius 1 is 1.21 bits per heavy atom. The number of rotatable bonds is 6. The average Bonchev–Trinajstić information content (AvgIpc) is 2.75. The molecule has 0 saturated carbocycles. The first kappa shape index (κ1) is 14.1. The van der Waals surface area contributed by atoms with Crippen molar-refractivity contribution in [2.75, 3.05) is 27.2 Å². The van der Waals surface area contributed by atoms with Gasteiger partial charge in [0.05, 0.1) is 0 Å². The molecule has 1 aromatic heterocycles. The van der Waals surface area contributed by atoms with Crippen LogP contribution in [0.25, 0.3) is 10.9 Å². The molecule has 104 valence electrons. The standard InChI is InChI=1S/C16H25N3/c1-16(2,12-19(3)4)11-17-10-13-6-5-7-15-14(13)8-9-18-15/h5-9,17-18H,10-12H2,1-4H3. The molecule has 0 aliphatic rings. The molecule has 0 saturated heterocycles. The fourth-order valence-corrected chi connectivity index (χ4v) is 2.75. The van der Waals surface area contributed by atoms with Crippen molar-refractivity contribution in [2.45, 2.75) is 20.4 Å². The van der Waals surface area contributed by atoms with E-state index < -0.39 is 0 Å². The highest BCUT2D eigenvalue weighted by atomic mass is 15.1. The molecule has 0 radical (unpaired) electrons. The van der Waals surface area contributed by atoms with Gasteiger partial charge in [0.2, 0.25) is 0 Å². The van der Waals surface area contributed by atoms with E-state index in [0.29, 0.717) is 0 Å². The zero-order valence-corrected chi connectivity index (χ0v) is 12.5. The van der Waals surface area contributed by atoms with Crippen molar-refractivity contribution < 1.29 is 0 Å². The summed E-state index contributed by atoms with van der Waals surface area (Å²) in [6, 6.07) is 8.58. The van der Waals surface area contributed by atoms with Gasteiger partial charge in [0, 0.05) is 36.7 Å². The van der Waals surface area contributed by atoms with Crippen LogP contribution < -0.4 is 5.32 Å². The van der Waals surface area contributed by atoms with E-state index in [4.69, 9.17) is 0 Å². The molecule has 0 bridgehead atoms. The molecule has 3 nitrogen and oxygen atoms in total. The van der Waals surface area contributed by atoms with E-state index in [-0.39, 0.29) is 5.41 Å². The van der Waals surface area contributed by atoms with Crippen LogP contribution >= 0.6 is 0 Å². The van der Waals surface area contributed by atoms with Crippen LogP contribution in [0.5, 0.6) is 0 Å². The third-order valence-corrected chi connectivity index (χ3v) is 3.35. The van der Waals surface area contributed by atoms with Gasteiger partial charge in [-0.05, 0) is 37.2 Å². The maximum Gasteiger partial charge on any atom is 0.0457 e. The quantitative estimate of drug-likeness (QED) is 0.836. The lowest BCUT2D eigenvalue weighted by molar-refractivity contribution is 0.232. The molecule has 0 fully saturated rings. The molecule has 0 unspecified atom stereocenters. The van der Waals surface area contributed by atoms with Gasteiger partial charge in [0.1, 0.15) is 0 Å². The molecule has 3 heteroatoms. The number of hydrogen-bond donors (Lipinski definition) is 2. The first-order valence-corrected chi connectivity index (χ1v) is 6.88. The Kier molecular flexibility index (Phi) is 4.27. The summed E-state index contributed by atoms with van der Waals surface area (Å²) in [5.41, 5.74) is 2.86. The van der Waals surface area contributed by atoms with Gasteiger partial charge in [-0.2, -0.15) is 0 Å². The predicted octanol–water partition coefficient (Wildman–Crippen LogP) is 2.85. The van der Waals surface area contributed by atoms with Gasteiger partial charge in [-0.25, -0.2) is 0 Å². The molecule has 0 aliphatic heterocycles. The van der Waals surface area contributed by atoms with Crippen molar-refractivity contribution in [3.8, 4) is 0 Å². The molecule has 0 atom stereocenters. The summed E-state index contributed by atoms with van der Waals surface area (Å²) in [6.07, 6.45) is 2.00. The third-order valence-electron chi connectivity index (χ3n) is 3.35. The van der Waals surface area contributed by atoms with E-state index in [1.54, 1.807) is 0 Å². The number of nitrogens with zero attached hydrogens (tertiary/aromatic N) is 1. The number of aromatic amines is 1. The SMILES string of the molecule is CN(C)CC(C)(C)CNCc1cccc2[nH]ccc12. The second-order valence-corrected chi connectivity index (χ2v) is 6.36. The number of hydrogen-bond acceptors (Lipinski definition) is 2. The lowest BCUT2D eigenvalue weighted by Gasteiger charge is -2.28. The number of nitrogens with one attached hydrogen (secondary N) is 2. The minimum atomic E-state index is 0.287. The molecule has 2 rings (SSSR count). The van der Waals surface area contributed by atoms with Gasteiger partial charge in [-0.1, -0.05) is 26.0 Å². The van der Waals surface area contributed by atoms with Crippen LogP contribution in [0.3, 0.4) is 0 Å². The minimum absolute atomic E-state index is 0.287. The Hall–Kier alpha value is -1.32. The zero-order chi connectivity index (χ0) is 13.9. The van der Waals surface area contributed by atoms with E-state index >= 15 is 0 Å². The van der Waals surface area contributed by atoms with Crippen molar-refractivity contribution in [1.29, 1.82) is 0 Å². The zero-order valence-electron chi connectivity index (χ0n) is 12.5. The van der Waals surface area contributed by atoms with Gasteiger partial charge in [-0.15, -0.1) is 0 Å². The molecule has 2 N–H and O–H groups in total. The number of aromatic nitrogens is 1. The summed E-state index contributed by atoms with van der Waals surface area (Å²) < 4.78 is 0. The van der Waals surface area contributed by atoms with Gasteiger partial charge < -0.3 is 15.2 Å². The average molecular weight is 259 g/mol. The van der Waals surface area contributed by atoms with E-state index in [0.717, 1.165) is 19.6 Å². The summed E-state index contributed by atoms with van der Waals surface area (Å²) in [5, 5.41) is 4.91. The fourth-order valence-electron chi connectivity index (χ4n) is 2.75. The fraction of sp³-hybridized carbons (Fsp3) is 0.500. The minimum Gasteiger partial charge on any atom is -0.361 e. The largest absolute Gasteiger partial charge is 0.361 e. The molecule has 0 aliphatic carbocycles. The van der Waals surface area contributed by atoms with Crippen LogP contribution in [0.2, 0.25) is 0 Å². The Morgan fingerprint density at radius 3 is 2.74 bits per heavy atom. The van der Waals surface area contributed by atoms with Crippen molar-refractivity contribution >= 4 is 10.9 Å². The van der Waals surface area contributed by atoms with Crippen molar-refractivity contribution in [3.05, 3.63) is 36.0 Å². The monoisotopic (exact) mass is 259 g/mol. The van der Waals surface area contributed by atoms with Crippen LogP contribution in [0.1, 0.15) is 19.4 Å². The molecule has 0 spiro atoms. The number of fused-ring (bicyclic) bond motifs is 1. The maximum atomic E-state index is 3.59. The predicted molar refractivity (Wildman–Crippen MR) is 82.3 cm³/mol. The molecule has 1 aromatic carbocycles. The van der Waals surface area contributed by atoms with Crippen LogP contribution in [0.4, 0.5) is 0 Å². The first-order chi connectivity index (χ1) is 8.98. The second-order valence-electron chi connectivity index (χ2n) is 6.36. The van der Waals surface area contributed by atoms with Crippen LogP contribution in [0, 0.1) is 5.41 Å². The van der Waals surface area contributed by atoms with Crippen molar-refractivity contribution in [2.24, 2.45) is 5.41 Å². The Bertz CT molecular complexity index is 526. The normalized spacial score (nSPS) is 12.5. The lowest BCUT2D eigenvalue weighted by atomic mass is 9.93. The highest BCUT2D eigenvalue weighted by Crippen LogP contribution is 2.18. The topological polar surface area (TPSA) is 31.1 Å². The number of H-pyrrole nitrogens is 1. The summed E-state index contributed by atoms with van der Waals surface area (Å²) in [7, 11) is 4.25. The van der Waals surface area contributed by atoms with E-state index in [2.05, 4.69) is 67.4 Å². The Balaban J connectivity index is 1.94. The second kappa shape index (κ2) is 5.76. The summed E-state index contributed by atoms with van der Waals surface area (Å²) in [4.78, 5) is 5.50. The van der Waals surface area contributed by atoms with E-state index in [9.17, 15) is 0 Å². The van der Waals surface area contributed by atoms with Crippen LogP contribution in [0.15, 0.2) is 30.5 Å². The van der Waals surface area contributed by atoms with Gasteiger partial charge in [-0.3, -0.25) is 0 Å². The lowest BCUT2D eigenvalue weighted by Crippen LogP contribution is -2.37. The van der Waals surface area contributed by atoms with Crippen LogP contribution in [-0.4, -0.2) is 37.1 Å². The summed E-state index contributed by atoms with van der Waals surface area (Å²) in [5.74, 6) is 0. The van der Waals surface area contributed by atoms with Crippen molar-refractivity contribution in [3.63, 3.8) is 0 Å². The van der Waals surface area contributed by atoms with Crippen LogP contribution in [-0.2, 0) is 6.54 Å². The molecule has 1 heterocycles. The Morgan fingerprint density at radius 2 is 2.00 bits per heavy atom. The highest BCUT2D eigenvalue weighted by Gasteiger charge is 2.18. The molecule has 19 heavy (non-hydrogen) atoms. The van der Waals surface area contributed by atoms with E-state index in [1.807, 2.05) is 6.20 Å². The maximum absolute atomic E-state index is 3.59. The van der Waals surface area contributed by atoms with Gasteiger partial charge >= 0.3 is 0 Å². The van der Waals surface area contributed by atoms with Gasteiger partial charge in [0.25, 0.3) is 0 Å². The van der Waals surface area contributed by atoms with Crippen molar-refractivity contribution in [1.82, 2.24) is 15.2 Å². The summed E-state index contributed by atoms with van der Waals surface area (Å²) in [6.45, 7) is 7.64. The molecular weight excluding hydrogens is 234 g/mol. The summed E-state index contributed by atoms with van der Waals surface area (Å²) >= 11 is 0. The number of benzene rings is 1. The molecule has 0 amide bonds. The molecule has 2 aromatic rings. The smallest absolute Gasteiger partial charge is 0.0457 e. The van der Waals surface area contributed by atoms with E-state index in [1.165, 1.54) is 16.5 Å². The third kappa shape index (κ3) is 3.82. The highest BCUT2D eigenvalue weighted by molar-refractivity contribution is 5.82. The molecular formula is C16H25N3.